The number of carboxylic acids is 1. The topological polar surface area (TPSA) is 92.5 Å². The van der Waals surface area contributed by atoms with E-state index in [1.165, 1.54) is 31.0 Å². The van der Waals surface area contributed by atoms with Crippen LogP contribution in [-0.2, 0) is 0 Å². The van der Waals surface area contributed by atoms with Crippen molar-refractivity contribution < 1.29 is 14.8 Å². The first-order valence-electron chi connectivity index (χ1n) is 6.33. The maximum absolute atomic E-state index is 11.0. The lowest BCUT2D eigenvalue weighted by molar-refractivity contribution is -0.384. The molecule has 0 atom stereocenters. The third-order valence-corrected chi connectivity index (χ3v) is 3.25. The molecule has 2 rings (SSSR count). The number of hydrogen-bond acceptors (Lipinski definition) is 4. The van der Waals surface area contributed by atoms with Crippen LogP contribution in [0.1, 0.15) is 36.0 Å². The van der Waals surface area contributed by atoms with Crippen molar-refractivity contribution in [2.75, 3.05) is 11.9 Å². The lowest BCUT2D eigenvalue weighted by Crippen LogP contribution is -2.08. The molecule has 0 unspecified atom stereocenters. The molecule has 0 heterocycles. The minimum atomic E-state index is -1.08. The fourth-order valence-corrected chi connectivity index (χ4v) is 2.00. The molecule has 1 saturated carbocycles. The minimum Gasteiger partial charge on any atom is -0.478 e. The van der Waals surface area contributed by atoms with Crippen molar-refractivity contribution in [2.45, 2.75) is 25.7 Å². The SMILES string of the molecule is O=C(O)c1ccc([N+](=O)[O-])cc1NCCCC1CC1. The van der Waals surface area contributed by atoms with E-state index in [2.05, 4.69) is 5.32 Å². The van der Waals surface area contributed by atoms with E-state index in [-0.39, 0.29) is 11.3 Å². The highest BCUT2D eigenvalue weighted by Gasteiger charge is 2.20. The van der Waals surface area contributed by atoms with E-state index < -0.39 is 10.9 Å². The number of carbonyl (C=O) groups is 1. The predicted molar refractivity (Wildman–Crippen MR) is 70.5 cm³/mol. The largest absolute Gasteiger partial charge is 0.478 e. The van der Waals surface area contributed by atoms with Crippen molar-refractivity contribution in [3.8, 4) is 0 Å². The highest BCUT2D eigenvalue weighted by molar-refractivity contribution is 5.94. The molecular weight excluding hydrogens is 248 g/mol. The van der Waals surface area contributed by atoms with Gasteiger partial charge in [-0.05, 0) is 24.8 Å². The zero-order valence-electron chi connectivity index (χ0n) is 10.5. The maximum atomic E-state index is 11.0. The number of hydrogen-bond donors (Lipinski definition) is 2. The summed E-state index contributed by atoms with van der Waals surface area (Å²) in [7, 11) is 0. The van der Waals surface area contributed by atoms with Crippen LogP contribution in [0.15, 0.2) is 18.2 Å². The summed E-state index contributed by atoms with van der Waals surface area (Å²) >= 11 is 0. The predicted octanol–water partition coefficient (Wildman–Crippen LogP) is 2.90. The summed E-state index contributed by atoms with van der Waals surface area (Å²) in [5.41, 5.74) is 0.282. The quantitative estimate of drug-likeness (QED) is 0.448. The molecule has 0 spiro atoms. The zero-order valence-corrected chi connectivity index (χ0v) is 10.5. The summed E-state index contributed by atoms with van der Waals surface area (Å²) in [4.78, 5) is 21.2. The smallest absolute Gasteiger partial charge is 0.337 e. The molecule has 0 saturated heterocycles. The van der Waals surface area contributed by atoms with E-state index in [0.29, 0.717) is 12.2 Å². The standard InChI is InChI=1S/C13H16N2O4/c16-13(17)11-6-5-10(15(18)19)8-12(11)14-7-1-2-9-3-4-9/h5-6,8-9,14H,1-4,7H2,(H,16,17). The second-order valence-corrected chi connectivity index (χ2v) is 4.80. The van der Waals surface area contributed by atoms with Gasteiger partial charge in [0.2, 0.25) is 0 Å². The molecule has 6 nitrogen and oxygen atoms in total. The molecule has 0 bridgehead atoms. The molecule has 19 heavy (non-hydrogen) atoms. The van der Waals surface area contributed by atoms with Crippen molar-refractivity contribution in [3.63, 3.8) is 0 Å². The molecule has 2 N–H and O–H groups in total. The number of nitro benzene ring substituents is 1. The Balaban J connectivity index is 2.03. The Morgan fingerprint density at radius 3 is 2.79 bits per heavy atom. The van der Waals surface area contributed by atoms with Crippen molar-refractivity contribution in [2.24, 2.45) is 5.92 Å². The third-order valence-electron chi connectivity index (χ3n) is 3.25. The fourth-order valence-electron chi connectivity index (χ4n) is 2.00. The summed E-state index contributed by atoms with van der Waals surface area (Å²) in [6, 6.07) is 3.75. The van der Waals surface area contributed by atoms with Crippen molar-refractivity contribution in [1.29, 1.82) is 0 Å². The van der Waals surface area contributed by atoms with E-state index in [1.807, 2.05) is 0 Å². The van der Waals surface area contributed by atoms with Gasteiger partial charge >= 0.3 is 5.97 Å². The first-order chi connectivity index (χ1) is 9.08. The van der Waals surface area contributed by atoms with E-state index in [9.17, 15) is 14.9 Å². The van der Waals surface area contributed by atoms with Gasteiger partial charge in [-0.25, -0.2) is 4.79 Å². The Labute approximate surface area is 110 Å². The van der Waals surface area contributed by atoms with Gasteiger partial charge in [0.15, 0.2) is 0 Å². The van der Waals surface area contributed by atoms with Crippen LogP contribution in [0, 0.1) is 16.0 Å². The van der Waals surface area contributed by atoms with Gasteiger partial charge in [-0.3, -0.25) is 10.1 Å². The first kappa shape index (κ1) is 13.3. The zero-order chi connectivity index (χ0) is 13.8. The second-order valence-electron chi connectivity index (χ2n) is 4.80. The number of nitrogens with one attached hydrogen (secondary N) is 1. The highest BCUT2D eigenvalue weighted by atomic mass is 16.6. The Morgan fingerprint density at radius 2 is 2.21 bits per heavy atom. The number of rotatable bonds is 7. The molecule has 1 aliphatic rings. The van der Waals surface area contributed by atoms with Crippen LogP contribution in [0.25, 0.3) is 0 Å². The van der Waals surface area contributed by atoms with E-state index >= 15 is 0 Å². The summed E-state index contributed by atoms with van der Waals surface area (Å²) in [6.45, 7) is 0.637. The van der Waals surface area contributed by atoms with E-state index in [0.717, 1.165) is 18.8 Å². The van der Waals surface area contributed by atoms with Gasteiger partial charge in [-0.1, -0.05) is 12.8 Å². The molecule has 0 aliphatic heterocycles. The van der Waals surface area contributed by atoms with Crippen LogP contribution in [0.5, 0.6) is 0 Å². The van der Waals surface area contributed by atoms with E-state index in [1.54, 1.807) is 0 Å². The molecule has 1 aromatic rings. The van der Waals surface area contributed by atoms with E-state index in [4.69, 9.17) is 5.11 Å². The van der Waals surface area contributed by atoms with Gasteiger partial charge in [0.1, 0.15) is 0 Å². The van der Waals surface area contributed by atoms with Gasteiger partial charge < -0.3 is 10.4 Å². The second kappa shape index (κ2) is 5.69. The Bertz CT molecular complexity index is 497. The molecule has 6 heteroatoms. The fraction of sp³-hybridized carbons (Fsp3) is 0.462. The Kier molecular flexibility index (Phi) is 3.99. The average Bonchev–Trinajstić information content (AvgIpc) is 3.18. The Hall–Kier alpha value is -2.11. The summed E-state index contributed by atoms with van der Waals surface area (Å²) in [5, 5.41) is 22.7. The molecule has 1 aliphatic carbocycles. The third kappa shape index (κ3) is 3.67. The average molecular weight is 264 g/mol. The Morgan fingerprint density at radius 1 is 1.47 bits per heavy atom. The summed E-state index contributed by atoms with van der Waals surface area (Å²) in [5.74, 6) is -0.259. The van der Waals surface area contributed by atoms with Crippen LogP contribution in [0.2, 0.25) is 0 Å². The molecule has 0 radical (unpaired) electrons. The number of carboxylic acid groups (broad SMARTS) is 1. The normalized spacial score (nSPS) is 14.1. The number of aromatic carboxylic acids is 1. The van der Waals surface area contributed by atoms with Gasteiger partial charge in [0, 0.05) is 18.7 Å². The van der Waals surface area contributed by atoms with Crippen LogP contribution >= 0.6 is 0 Å². The van der Waals surface area contributed by atoms with Crippen LogP contribution < -0.4 is 5.32 Å². The van der Waals surface area contributed by atoms with Gasteiger partial charge in [-0.2, -0.15) is 0 Å². The highest BCUT2D eigenvalue weighted by Crippen LogP contribution is 2.33. The number of non-ortho nitro benzene ring substituents is 1. The lowest BCUT2D eigenvalue weighted by atomic mass is 10.1. The number of nitro groups is 1. The maximum Gasteiger partial charge on any atom is 0.337 e. The van der Waals surface area contributed by atoms with Crippen LogP contribution in [-0.4, -0.2) is 22.5 Å². The van der Waals surface area contributed by atoms with Gasteiger partial charge in [-0.15, -0.1) is 0 Å². The molecule has 0 aromatic heterocycles. The number of nitrogens with zero attached hydrogens (tertiary/aromatic N) is 1. The van der Waals surface area contributed by atoms with Crippen molar-refractivity contribution >= 4 is 17.3 Å². The van der Waals surface area contributed by atoms with Crippen LogP contribution in [0.4, 0.5) is 11.4 Å². The first-order valence-corrected chi connectivity index (χ1v) is 6.33. The minimum absolute atomic E-state index is 0.0667. The monoisotopic (exact) mass is 264 g/mol. The van der Waals surface area contributed by atoms with Crippen molar-refractivity contribution in [3.05, 3.63) is 33.9 Å². The van der Waals surface area contributed by atoms with Gasteiger partial charge in [0.05, 0.1) is 16.2 Å². The summed E-state index contributed by atoms with van der Waals surface area (Å²) in [6.07, 6.45) is 4.66. The molecular formula is C13H16N2O4. The molecule has 102 valence electrons. The molecule has 1 aromatic carbocycles. The number of benzene rings is 1. The van der Waals surface area contributed by atoms with Crippen LogP contribution in [0.3, 0.4) is 0 Å². The lowest BCUT2D eigenvalue weighted by Gasteiger charge is -2.09. The molecule has 0 amide bonds. The van der Waals surface area contributed by atoms with Gasteiger partial charge in [0.25, 0.3) is 5.69 Å². The molecule has 1 fully saturated rings. The van der Waals surface area contributed by atoms with Crippen molar-refractivity contribution in [1.82, 2.24) is 0 Å². The number of anilines is 1. The summed E-state index contributed by atoms with van der Waals surface area (Å²) < 4.78 is 0.